The highest BCUT2D eigenvalue weighted by molar-refractivity contribution is 6.02. The SMILES string of the molecule is Cc1ccccc1CNc1ccc(C(=O)Nc2ccccc2F)nn1. The number of aromatic nitrogens is 2. The van der Waals surface area contributed by atoms with Crippen molar-refractivity contribution in [2.24, 2.45) is 0 Å². The van der Waals surface area contributed by atoms with Crippen LogP contribution < -0.4 is 10.6 Å². The molecule has 0 unspecified atom stereocenters. The van der Waals surface area contributed by atoms with Gasteiger partial charge in [0.25, 0.3) is 5.91 Å². The van der Waals surface area contributed by atoms with Gasteiger partial charge in [-0.2, -0.15) is 0 Å². The highest BCUT2D eigenvalue weighted by Crippen LogP contribution is 2.14. The van der Waals surface area contributed by atoms with Crippen molar-refractivity contribution < 1.29 is 9.18 Å². The number of rotatable bonds is 5. The van der Waals surface area contributed by atoms with E-state index < -0.39 is 11.7 Å². The van der Waals surface area contributed by atoms with Crippen LogP contribution in [0, 0.1) is 12.7 Å². The van der Waals surface area contributed by atoms with Crippen molar-refractivity contribution in [1.82, 2.24) is 10.2 Å². The predicted molar refractivity (Wildman–Crippen MR) is 94.9 cm³/mol. The van der Waals surface area contributed by atoms with E-state index in [9.17, 15) is 9.18 Å². The van der Waals surface area contributed by atoms with Crippen molar-refractivity contribution in [3.8, 4) is 0 Å². The molecule has 6 heteroatoms. The van der Waals surface area contributed by atoms with E-state index in [0.29, 0.717) is 12.4 Å². The van der Waals surface area contributed by atoms with Crippen LogP contribution in [0.15, 0.2) is 60.7 Å². The minimum Gasteiger partial charge on any atom is -0.364 e. The number of hydrogen-bond acceptors (Lipinski definition) is 4. The molecule has 2 aromatic carbocycles. The molecule has 0 aliphatic rings. The first-order valence-electron chi connectivity index (χ1n) is 7.81. The second-order valence-corrected chi connectivity index (χ2v) is 5.52. The summed E-state index contributed by atoms with van der Waals surface area (Å²) in [5, 5.41) is 13.5. The van der Waals surface area contributed by atoms with Crippen LogP contribution in [0.1, 0.15) is 21.6 Å². The number of amides is 1. The smallest absolute Gasteiger partial charge is 0.276 e. The summed E-state index contributed by atoms with van der Waals surface area (Å²) in [5.74, 6) is -0.450. The number of halogens is 1. The average Bonchev–Trinajstić information content (AvgIpc) is 2.63. The number of hydrogen-bond donors (Lipinski definition) is 2. The van der Waals surface area contributed by atoms with Crippen LogP contribution in [-0.2, 0) is 6.54 Å². The molecular formula is C19H17FN4O. The Morgan fingerprint density at radius 3 is 2.48 bits per heavy atom. The van der Waals surface area contributed by atoms with Crippen LogP contribution in [0.3, 0.4) is 0 Å². The summed E-state index contributed by atoms with van der Waals surface area (Å²) in [6, 6.07) is 17.2. The number of nitrogens with one attached hydrogen (secondary N) is 2. The number of benzene rings is 2. The molecule has 0 radical (unpaired) electrons. The average molecular weight is 336 g/mol. The molecule has 0 bridgehead atoms. The third kappa shape index (κ3) is 4.17. The Kier molecular flexibility index (Phi) is 4.99. The maximum Gasteiger partial charge on any atom is 0.276 e. The zero-order valence-corrected chi connectivity index (χ0v) is 13.7. The molecule has 1 amide bonds. The van der Waals surface area contributed by atoms with Gasteiger partial charge in [-0.15, -0.1) is 10.2 Å². The van der Waals surface area contributed by atoms with E-state index in [1.807, 2.05) is 31.2 Å². The largest absolute Gasteiger partial charge is 0.364 e. The maximum atomic E-state index is 13.6. The Morgan fingerprint density at radius 2 is 1.76 bits per heavy atom. The Balaban J connectivity index is 1.63. The molecule has 0 aliphatic carbocycles. The molecule has 1 aromatic heterocycles. The van der Waals surface area contributed by atoms with Gasteiger partial charge in [0.1, 0.15) is 11.6 Å². The van der Waals surface area contributed by atoms with E-state index >= 15 is 0 Å². The Labute approximate surface area is 144 Å². The van der Waals surface area contributed by atoms with E-state index in [0.717, 1.165) is 5.56 Å². The van der Waals surface area contributed by atoms with E-state index in [4.69, 9.17) is 0 Å². The van der Waals surface area contributed by atoms with Crippen molar-refractivity contribution >= 4 is 17.4 Å². The molecule has 0 saturated heterocycles. The zero-order chi connectivity index (χ0) is 17.6. The summed E-state index contributed by atoms with van der Waals surface area (Å²) in [6.45, 7) is 2.65. The van der Waals surface area contributed by atoms with Crippen LogP contribution in [0.5, 0.6) is 0 Å². The van der Waals surface area contributed by atoms with Crippen molar-refractivity contribution in [3.63, 3.8) is 0 Å². The summed E-state index contributed by atoms with van der Waals surface area (Å²) < 4.78 is 13.6. The second kappa shape index (κ2) is 7.53. The summed E-state index contributed by atoms with van der Waals surface area (Å²) in [6.07, 6.45) is 0. The molecule has 3 aromatic rings. The molecule has 1 heterocycles. The van der Waals surface area contributed by atoms with Crippen LogP contribution in [-0.4, -0.2) is 16.1 Å². The predicted octanol–water partition coefficient (Wildman–Crippen LogP) is 3.79. The quantitative estimate of drug-likeness (QED) is 0.744. The van der Waals surface area contributed by atoms with E-state index in [2.05, 4.69) is 20.8 Å². The summed E-state index contributed by atoms with van der Waals surface area (Å²) >= 11 is 0. The van der Waals surface area contributed by atoms with Gasteiger partial charge in [0, 0.05) is 6.54 Å². The summed E-state index contributed by atoms with van der Waals surface area (Å²) in [5.41, 5.74) is 2.57. The van der Waals surface area contributed by atoms with E-state index in [1.165, 1.54) is 17.7 Å². The third-order valence-corrected chi connectivity index (χ3v) is 3.74. The topological polar surface area (TPSA) is 66.9 Å². The highest BCUT2D eigenvalue weighted by atomic mass is 19.1. The molecule has 2 N–H and O–H groups in total. The van der Waals surface area contributed by atoms with Gasteiger partial charge in [-0.25, -0.2) is 4.39 Å². The standard InChI is InChI=1S/C19H17FN4O/c1-13-6-2-3-7-14(13)12-21-18-11-10-17(23-24-18)19(25)22-16-9-5-4-8-15(16)20/h2-11H,12H2,1H3,(H,21,24)(H,22,25). The Hall–Kier alpha value is -3.28. The van der Waals surface area contributed by atoms with Gasteiger partial charge in [0.05, 0.1) is 5.69 Å². The fourth-order valence-corrected chi connectivity index (χ4v) is 2.29. The van der Waals surface area contributed by atoms with Gasteiger partial charge < -0.3 is 10.6 Å². The van der Waals surface area contributed by atoms with Crippen LogP contribution in [0.2, 0.25) is 0 Å². The first kappa shape index (κ1) is 16.6. The van der Waals surface area contributed by atoms with Gasteiger partial charge in [0.2, 0.25) is 0 Å². The van der Waals surface area contributed by atoms with Crippen molar-refractivity contribution in [3.05, 3.63) is 83.3 Å². The normalized spacial score (nSPS) is 10.3. The van der Waals surface area contributed by atoms with E-state index in [1.54, 1.807) is 24.3 Å². The number of carbonyl (C=O) groups is 1. The van der Waals surface area contributed by atoms with Gasteiger partial charge in [-0.05, 0) is 42.3 Å². The Morgan fingerprint density at radius 1 is 1.00 bits per heavy atom. The number of anilines is 2. The third-order valence-electron chi connectivity index (χ3n) is 3.74. The molecule has 0 atom stereocenters. The molecule has 0 saturated carbocycles. The van der Waals surface area contributed by atoms with Crippen LogP contribution in [0.25, 0.3) is 0 Å². The lowest BCUT2D eigenvalue weighted by molar-refractivity contribution is 0.102. The first-order chi connectivity index (χ1) is 12.1. The fourth-order valence-electron chi connectivity index (χ4n) is 2.29. The van der Waals surface area contributed by atoms with Gasteiger partial charge in [-0.3, -0.25) is 4.79 Å². The molecular weight excluding hydrogens is 319 g/mol. The molecule has 3 rings (SSSR count). The van der Waals surface area contributed by atoms with Gasteiger partial charge in [0.15, 0.2) is 5.69 Å². The molecule has 126 valence electrons. The molecule has 0 spiro atoms. The van der Waals surface area contributed by atoms with Gasteiger partial charge >= 0.3 is 0 Å². The van der Waals surface area contributed by atoms with Crippen molar-refractivity contribution in [2.75, 3.05) is 10.6 Å². The fraction of sp³-hybridized carbons (Fsp3) is 0.105. The highest BCUT2D eigenvalue weighted by Gasteiger charge is 2.11. The lowest BCUT2D eigenvalue weighted by atomic mass is 10.1. The van der Waals surface area contributed by atoms with Crippen LogP contribution in [0.4, 0.5) is 15.9 Å². The van der Waals surface area contributed by atoms with E-state index in [-0.39, 0.29) is 11.4 Å². The summed E-state index contributed by atoms with van der Waals surface area (Å²) in [4.78, 5) is 12.1. The minimum absolute atomic E-state index is 0.107. The van der Waals surface area contributed by atoms with Crippen molar-refractivity contribution in [1.29, 1.82) is 0 Å². The monoisotopic (exact) mass is 336 g/mol. The zero-order valence-electron chi connectivity index (χ0n) is 13.7. The number of aryl methyl sites for hydroxylation is 1. The molecule has 0 fully saturated rings. The minimum atomic E-state index is -0.511. The maximum absolute atomic E-state index is 13.6. The van der Waals surface area contributed by atoms with Gasteiger partial charge in [-0.1, -0.05) is 36.4 Å². The first-order valence-corrected chi connectivity index (χ1v) is 7.81. The lowest BCUT2D eigenvalue weighted by Gasteiger charge is -2.08. The number of carbonyl (C=O) groups excluding carboxylic acids is 1. The number of nitrogens with zero attached hydrogens (tertiary/aromatic N) is 2. The molecule has 0 aliphatic heterocycles. The second-order valence-electron chi connectivity index (χ2n) is 5.52. The van der Waals surface area contributed by atoms with Crippen molar-refractivity contribution in [2.45, 2.75) is 13.5 Å². The summed E-state index contributed by atoms with van der Waals surface area (Å²) in [7, 11) is 0. The number of para-hydroxylation sites is 1. The Bertz CT molecular complexity index is 881. The lowest BCUT2D eigenvalue weighted by Crippen LogP contribution is -2.15. The van der Waals surface area contributed by atoms with Crippen LogP contribution >= 0.6 is 0 Å². The molecule has 25 heavy (non-hydrogen) atoms. The molecule has 5 nitrogen and oxygen atoms in total.